The fraction of sp³-hybridized carbons (Fsp3) is 0.417. The second kappa shape index (κ2) is 10.4. The van der Waals surface area contributed by atoms with Crippen molar-refractivity contribution >= 4 is 5.57 Å². The average molecular weight is 385 g/mol. The summed E-state index contributed by atoms with van der Waals surface area (Å²) in [5.74, 6) is 0.787. The zero-order valence-electron chi connectivity index (χ0n) is 17.1. The summed E-state index contributed by atoms with van der Waals surface area (Å²) in [6.07, 6.45) is 3.89. The molecule has 4 heteroatoms. The Morgan fingerprint density at radius 2 is 1.75 bits per heavy atom. The first kappa shape index (κ1) is 22.2. The Balaban J connectivity index is 1.96. The molecule has 0 saturated heterocycles. The summed E-state index contributed by atoms with van der Waals surface area (Å²) >= 11 is 0. The van der Waals surface area contributed by atoms with E-state index in [1.54, 1.807) is 12.1 Å². The predicted octanol–water partition coefficient (Wildman–Crippen LogP) is 4.98. The van der Waals surface area contributed by atoms with Crippen molar-refractivity contribution in [2.24, 2.45) is 0 Å². The van der Waals surface area contributed by atoms with Crippen LogP contribution in [-0.4, -0.2) is 20.9 Å². The second-order valence-electron chi connectivity index (χ2n) is 7.29. The lowest BCUT2D eigenvalue weighted by Gasteiger charge is -2.24. The lowest BCUT2D eigenvalue weighted by molar-refractivity contribution is -0.0425. The number of aliphatic hydroxyl groups excluding tert-OH is 1. The number of hydrogen-bond donors (Lipinski definition) is 3. The highest BCUT2D eigenvalue weighted by Gasteiger charge is 2.20. The van der Waals surface area contributed by atoms with Crippen LogP contribution in [0.25, 0.3) is 5.57 Å². The van der Waals surface area contributed by atoms with E-state index < -0.39 is 11.9 Å². The van der Waals surface area contributed by atoms with Crippen molar-refractivity contribution in [3.63, 3.8) is 0 Å². The number of benzene rings is 2. The molecule has 0 aliphatic carbocycles. The van der Waals surface area contributed by atoms with Crippen LogP contribution in [0.3, 0.4) is 0 Å². The maximum absolute atomic E-state index is 10.4. The van der Waals surface area contributed by atoms with Crippen LogP contribution in [0.15, 0.2) is 54.6 Å². The smallest absolute Gasteiger partial charge is 0.178 e. The lowest BCUT2D eigenvalue weighted by atomic mass is 9.91. The molecule has 2 rings (SSSR count). The number of hydrogen-bond acceptors (Lipinski definition) is 4. The normalized spacial score (nSPS) is 12.5. The molecule has 0 unspecified atom stereocenters. The average Bonchev–Trinajstić information content (AvgIpc) is 2.72. The highest BCUT2D eigenvalue weighted by molar-refractivity contribution is 5.64. The van der Waals surface area contributed by atoms with Gasteiger partial charge in [0.1, 0.15) is 12.4 Å². The quantitative estimate of drug-likeness (QED) is 0.505. The van der Waals surface area contributed by atoms with Crippen molar-refractivity contribution in [1.82, 2.24) is 0 Å². The number of ether oxygens (including phenoxy) is 1. The second-order valence-corrected chi connectivity index (χ2v) is 7.29. The van der Waals surface area contributed by atoms with E-state index in [0.29, 0.717) is 12.2 Å². The van der Waals surface area contributed by atoms with Crippen molar-refractivity contribution in [3.8, 4) is 5.75 Å². The van der Waals surface area contributed by atoms with Gasteiger partial charge in [-0.25, -0.2) is 0 Å². The highest BCUT2D eigenvalue weighted by atomic mass is 16.5. The van der Waals surface area contributed by atoms with E-state index >= 15 is 0 Å². The minimum Gasteiger partial charge on any atom is -0.489 e. The molecule has 152 valence electrons. The molecule has 2 aromatic rings. The fourth-order valence-electron chi connectivity index (χ4n) is 3.06. The summed E-state index contributed by atoms with van der Waals surface area (Å²) in [5, 5.41) is 28.7. The molecule has 0 amide bonds. The number of rotatable bonds is 10. The molecule has 28 heavy (non-hydrogen) atoms. The van der Waals surface area contributed by atoms with Gasteiger partial charge in [-0.1, -0.05) is 56.3 Å². The molecule has 0 aliphatic rings. The predicted molar refractivity (Wildman–Crippen MR) is 113 cm³/mol. The van der Waals surface area contributed by atoms with Gasteiger partial charge in [0.25, 0.3) is 0 Å². The summed E-state index contributed by atoms with van der Waals surface area (Å²) in [4.78, 5) is 0. The van der Waals surface area contributed by atoms with Gasteiger partial charge in [0.2, 0.25) is 0 Å². The molecule has 0 radical (unpaired) electrons. The summed E-state index contributed by atoms with van der Waals surface area (Å²) in [6.45, 7) is 6.55. The first-order chi connectivity index (χ1) is 13.4. The van der Waals surface area contributed by atoms with Crippen molar-refractivity contribution in [1.29, 1.82) is 0 Å². The number of allylic oxidation sites excluding steroid dienone is 2. The van der Waals surface area contributed by atoms with Gasteiger partial charge in [-0.15, -0.1) is 0 Å². The summed E-state index contributed by atoms with van der Waals surface area (Å²) in [7, 11) is 0. The molecule has 0 bridgehead atoms. The molecule has 2 aromatic carbocycles. The molecule has 0 atom stereocenters. The van der Waals surface area contributed by atoms with Crippen LogP contribution in [0, 0.1) is 0 Å². The van der Waals surface area contributed by atoms with E-state index in [2.05, 4.69) is 19.1 Å². The highest BCUT2D eigenvalue weighted by Crippen LogP contribution is 2.25. The van der Waals surface area contributed by atoms with E-state index in [0.717, 1.165) is 42.6 Å². The van der Waals surface area contributed by atoms with Gasteiger partial charge in [-0.05, 0) is 61.4 Å². The Morgan fingerprint density at radius 1 is 1.07 bits per heavy atom. The summed E-state index contributed by atoms with van der Waals surface area (Å²) < 4.78 is 5.88. The fourth-order valence-corrected chi connectivity index (χ4v) is 3.06. The van der Waals surface area contributed by atoms with Crippen molar-refractivity contribution in [2.75, 3.05) is 0 Å². The topological polar surface area (TPSA) is 69.9 Å². The Labute approximate surface area is 168 Å². The van der Waals surface area contributed by atoms with Crippen LogP contribution in [0.5, 0.6) is 5.75 Å². The molecule has 0 saturated carbocycles. The third-order valence-electron chi connectivity index (χ3n) is 5.35. The zero-order chi connectivity index (χ0) is 20.6. The molecule has 4 nitrogen and oxygen atoms in total. The Morgan fingerprint density at radius 3 is 2.36 bits per heavy atom. The van der Waals surface area contributed by atoms with E-state index in [9.17, 15) is 5.11 Å². The van der Waals surface area contributed by atoms with Gasteiger partial charge < -0.3 is 20.1 Å². The van der Waals surface area contributed by atoms with Crippen LogP contribution < -0.4 is 4.74 Å². The van der Waals surface area contributed by atoms with Crippen molar-refractivity contribution < 1.29 is 20.1 Å². The van der Waals surface area contributed by atoms with E-state index in [1.165, 1.54) is 5.57 Å². The van der Waals surface area contributed by atoms with Gasteiger partial charge in [0.05, 0.1) is 5.60 Å². The van der Waals surface area contributed by atoms with Gasteiger partial charge in [0.15, 0.2) is 6.29 Å². The Kier molecular flexibility index (Phi) is 8.24. The van der Waals surface area contributed by atoms with Gasteiger partial charge >= 0.3 is 0 Å². The third kappa shape index (κ3) is 6.48. The Hall–Kier alpha value is -2.14. The first-order valence-electron chi connectivity index (χ1n) is 9.94. The minimum absolute atomic E-state index is 0.411. The van der Waals surface area contributed by atoms with Crippen molar-refractivity contribution in [2.45, 2.75) is 65.0 Å². The molecular formula is C24H32O4. The molecule has 0 spiro atoms. The maximum Gasteiger partial charge on any atom is 0.178 e. The largest absolute Gasteiger partial charge is 0.489 e. The van der Waals surface area contributed by atoms with E-state index in [-0.39, 0.29) is 0 Å². The van der Waals surface area contributed by atoms with Gasteiger partial charge in [0, 0.05) is 5.56 Å². The third-order valence-corrected chi connectivity index (χ3v) is 5.35. The van der Waals surface area contributed by atoms with Crippen LogP contribution in [-0.2, 0) is 6.61 Å². The van der Waals surface area contributed by atoms with Crippen LogP contribution in [0.1, 0.15) is 69.4 Å². The lowest BCUT2D eigenvalue weighted by Crippen LogP contribution is -2.25. The van der Waals surface area contributed by atoms with E-state index in [4.69, 9.17) is 14.9 Å². The molecule has 0 fully saturated rings. The van der Waals surface area contributed by atoms with Crippen molar-refractivity contribution in [3.05, 3.63) is 71.3 Å². The molecule has 3 N–H and O–H groups in total. The van der Waals surface area contributed by atoms with E-state index in [1.807, 2.05) is 44.2 Å². The molecule has 0 aliphatic heterocycles. The zero-order valence-corrected chi connectivity index (χ0v) is 17.1. The SMILES string of the molecule is CCC(O)(CC)CCC=C(C)c1cccc(OCc2ccc(C(O)O)cc2)c1. The molecule has 0 heterocycles. The van der Waals surface area contributed by atoms with Crippen LogP contribution in [0.2, 0.25) is 0 Å². The minimum atomic E-state index is -1.45. The molecule has 0 aromatic heterocycles. The monoisotopic (exact) mass is 384 g/mol. The van der Waals surface area contributed by atoms with Crippen LogP contribution in [0.4, 0.5) is 0 Å². The summed E-state index contributed by atoms with van der Waals surface area (Å²) in [5.41, 5.74) is 3.13. The van der Waals surface area contributed by atoms with Crippen LogP contribution >= 0.6 is 0 Å². The maximum atomic E-state index is 10.4. The van der Waals surface area contributed by atoms with Gasteiger partial charge in [-0.2, -0.15) is 0 Å². The number of aliphatic hydroxyl groups is 3. The van der Waals surface area contributed by atoms with Gasteiger partial charge in [-0.3, -0.25) is 0 Å². The standard InChI is InChI=1S/C24H32O4/c1-4-24(27,5-2)15-7-8-18(3)21-9-6-10-22(16-21)28-17-19-11-13-20(14-12-19)23(25)26/h6,8-14,16,23,25-27H,4-5,7,15,17H2,1-3H3. The Bertz CT molecular complexity index is 758. The first-order valence-corrected chi connectivity index (χ1v) is 9.94. The summed E-state index contributed by atoms with van der Waals surface area (Å²) in [6, 6.07) is 15.0. The molecular weight excluding hydrogens is 352 g/mol.